The summed E-state index contributed by atoms with van der Waals surface area (Å²) in [5, 5.41) is 10.4. The Kier molecular flexibility index (Phi) is 6.95. The molecule has 2 aromatic rings. The van der Waals surface area contributed by atoms with Gasteiger partial charge in [0.1, 0.15) is 4.83 Å². The van der Waals surface area contributed by atoms with E-state index in [4.69, 9.17) is 4.98 Å². The number of aliphatic hydroxyl groups excluding tert-OH is 1. The number of hydrogen-bond donors (Lipinski definition) is 1. The molecule has 6 nitrogen and oxygen atoms in total. The molecular weight excluding hydrogens is 418 g/mol. The lowest BCUT2D eigenvalue weighted by molar-refractivity contribution is -0.131. The van der Waals surface area contributed by atoms with Crippen LogP contribution in [0.3, 0.4) is 0 Å². The summed E-state index contributed by atoms with van der Waals surface area (Å²) in [5.74, 6) is 0.0405. The van der Waals surface area contributed by atoms with E-state index in [9.17, 15) is 14.7 Å². The van der Waals surface area contributed by atoms with Gasteiger partial charge in [0.15, 0.2) is 5.16 Å². The van der Waals surface area contributed by atoms with Gasteiger partial charge in [-0.2, -0.15) is 0 Å². The molecule has 1 aliphatic carbocycles. The molecule has 1 amide bonds. The van der Waals surface area contributed by atoms with Crippen LogP contribution in [0.15, 0.2) is 22.6 Å². The Morgan fingerprint density at radius 2 is 2.00 bits per heavy atom. The predicted octanol–water partition coefficient (Wildman–Crippen LogP) is 3.38. The zero-order valence-electron chi connectivity index (χ0n) is 17.3. The summed E-state index contributed by atoms with van der Waals surface area (Å²) < 4.78 is 1.65. The van der Waals surface area contributed by atoms with Crippen LogP contribution >= 0.6 is 23.1 Å². The van der Waals surface area contributed by atoms with Gasteiger partial charge in [0.2, 0.25) is 5.91 Å². The second-order valence-corrected chi connectivity index (χ2v) is 10.2. The Balaban J connectivity index is 1.72. The number of nitrogens with zero attached hydrogens (tertiary/aromatic N) is 3. The zero-order valence-corrected chi connectivity index (χ0v) is 18.9. The van der Waals surface area contributed by atoms with Gasteiger partial charge < -0.3 is 10.0 Å². The Bertz CT molecular complexity index is 992. The van der Waals surface area contributed by atoms with Gasteiger partial charge in [-0.15, -0.1) is 17.9 Å². The van der Waals surface area contributed by atoms with Crippen LogP contribution in [0.2, 0.25) is 0 Å². The third-order valence-electron chi connectivity index (χ3n) is 5.93. The number of aliphatic hydroxyl groups is 1. The number of allylic oxidation sites excluding steroid dienone is 1. The molecule has 162 valence electrons. The zero-order chi connectivity index (χ0) is 21.1. The van der Waals surface area contributed by atoms with Gasteiger partial charge in [-0.25, -0.2) is 4.98 Å². The van der Waals surface area contributed by atoms with Crippen molar-refractivity contribution < 1.29 is 9.90 Å². The van der Waals surface area contributed by atoms with Crippen LogP contribution < -0.4 is 5.56 Å². The smallest absolute Gasteiger partial charge is 0.263 e. The predicted molar refractivity (Wildman–Crippen MR) is 122 cm³/mol. The molecule has 0 spiro atoms. The van der Waals surface area contributed by atoms with Crippen LogP contribution in [0.4, 0.5) is 0 Å². The van der Waals surface area contributed by atoms with Crippen LogP contribution in [-0.4, -0.2) is 50.4 Å². The van der Waals surface area contributed by atoms with Crippen molar-refractivity contribution in [2.24, 2.45) is 0 Å². The SMILES string of the molecule is C=CCn1c(S[C@@H](CCO)C(=O)N2CCCCC2)nc2sc3c(c2c1=O)CCCC3. The number of thiophene rings is 1. The molecule has 0 unspecified atom stereocenters. The van der Waals surface area contributed by atoms with Crippen molar-refractivity contribution in [2.75, 3.05) is 19.7 Å². The molecule has 1 atom stereocenters. The quantitative estimate of drug-likeness (QED) is 0.400. The van der Waals surface area contributed by atoms with Gasteiger partial charge in [-0.05, 0) is 56.9 Å². The van der Waals surface area contributed by atoms with E-state index in [1.165, 1.54) is 22.2 Å². The van der Waals surface area contributed by atoms with E-state index in [0.717, 1.165) is 68.3 Å². The minimum atomic E-state index is -0.442. The highest BCUT2D eigenvalue weighted by Gasteiger charge is 2.29. The van der Waals surface area contributed by atoms with Gasteiger partial charge in [0, 0.05) is 31.1 Å². The molecule has 30 heavy (non-hydrogen) atoms. The summed E-state index contributed by atoms with van der Waals surface area (Å²) >= 11 is 2.94. The fourth-order valence-corrected chi connectivity index (χ4v) is 6.86. The van der Waals surface area contributed by atoms with Crippen LogP contribution in [0.25, 0.3) is 10.2 Å². The highest BCUT2D eigenvalue weighted by Crippen LogP contribution is 2.35. The molecule has 1 N–H and O–H groups in total. The van der Waals surface area contributed by atoms with Crippen molar-refractivity contribution in [1.29, 1.82) is 0 Å². The molecule has 0 radical (unpaired) electrons. The van der Waals surface area contributed by atoms with Crippen molar-refractivity contribution >= 4 is 39.2 Å². The monoisotopic (exact) mass is 447 g/mol. The average molecular weight is 448 g/mol. The number of thioether (sulfide) groups is 1. The largest absolute Gasteiger partial charge is 0.396 e. The van der Waals surface area contributed by atoms with E-state index in [-0.39, 0.29) is 18.1 Å². The fourth-order valence-electron chi connectivity index (χ4n) is 4.40. The minimum Gasteiger partial charge on any atom is -0.396 e. The normalized spacial score (nSPS) is 17.7. The Morgan fingerprint density at radius 3 is 2.73 bits per heavy atom. The van der Waals surface area contributed by atoms with Gasteiger partial charge in [-0.3, -0.25) is 14.2 Å². The molecule has 0 bridgehead atoms. The van der Waals surface area contributed by atoms with Crippen LogP contribution in [0.5, 0.6) is 0 Å². The molecule has 8 heteroatoms. The van der Waals surface area contributed by atoms with E-state index in [2.05, 4.69) is 6.58 Å². The molecule has 0 saturated carbocycles. The molecular formula is C22H29N3O3S2. The maximum Gasteiger partial charge on any atom is 0.263 e. The van der Waals surface area contributed by atoms with Crippen LogP contribution in [0.1, 0.15) is 49.0 Å². The first kappa shape index (κ1) is 21.6. The van der Waals surface area contributed by atoms with Crippen molar-refractivity contribution in [3.63, 3.8) is 0 Å². The lowest BCUT2D eigenvalue weighted by atomic mass is 9.97. The third kappa shape index (κ3) is 4.22. The highest BCUT2D eigenvalue weighted by molar-refractivity contribution is 8.00. The summed E-state index contributed by atoms with van der Waals surface area (Å²) in [6.07, 6.45) is 9.47. The molecule has 1 fully saturated rings. The number of piperidine rings is 1. The molecule has 1 saturated heterocycles. The molecule has 3 heterocycles. The van der Waals surface area contributed by atoms with E-state index >= 15 is 0 Å². The number of amides is 1. The Morgan fingerprint density at radius 1 is 1.23 bits per heavy atom. The first-order valence-corrected chi connectivity index (χ1v) is 12.6. The molecule has 1 aliphatic heterocycles. The van der Waals surface area contributed by atoms with Gasteiger partial charge >= 0.3 is 0 Å². The van der Waals surface area contributed by atoms with Crippen molar-refractivity contribution in [1.82, 2.24) is 14.5 Å². The Labute approximate surface area is 185 Å². The summed E-state index contributed by atoms with van der Waals surface area (Å²) in [4.78, 5) is 35.4. The van der Waals surface area contributed by atoms with Crippen molar-refractivity contribution in [3.8, 4) is 0 Å². The fraction of sp³-hybridized carbons (Fsp3) is 0.591. The number of hydrogen-bond acceptors (Lipinski definition) is 6. The number of fused-ring (bicyclic) bond motifs is 3. The highest BCUT2D eigenvalue weighted by atomic mass is 32.2. The van der Waals surface area contributed by atoms with E-state index < -0.39 is 5.25 Å². The molecule has 4 rings (SSSR count). The van der Waals surface area contributed by atoms with Crippen molar-refractivity contribution in [3.05, 3.63) is 33.4 Å². The number of carbonyl (C=O) groups is 1. The first-order chi connectivity index (χ1) is 14.6. The number of aromatic nitrogens is 2. The second kappa shape index (κ2) is 9.66. The second-order valence-electron chi connectivity index (χ2n) is 7.99. The maximum absolute atomic E-state index is 13.4. The summed E-state index contributed by atoms with van der Waals surface area (Å²) in [6, 6.07) is 0. The van der Waals surface area contributed by atoms with Gasteiger partial charge in [0.05, 0.1) is 10.6 Å². The number of aryl methyl sites for hydroxylation is 2. The number of likely N-dealkylation sites (tertiary alicyclic amines) is 1. The third-order valence-corrected chi connectivity index (χ3v) is 8.36. The summed E-state index contributed by atoms with van der Waals surface area (Å²) in [6.45, 7) is 5.63. The van der Waals surface area contributed by atoms with Crippen molar-refractivity contribution in [2.45, 2.75) is 68.3 Å². The molecule has 2 aliphatic rings. The maximum atomic E-state index is 13.4. The number of carbonyl (C=O) groups excluding carboxylic acids is 1. The summed E-state index contributed by atoms with van der Waals surface area (Å²) in [7, 11) is 0. The average Bonchev–Trinajstić information content (AvgIpc) is 3.14. The van der Waals surface area contributed by atoms with Crippen LogP contribution in [-0.2, 0) is 24.2 Å². The minimum absolute atomic E-state index is 0.0324. The first-order valence-electron chi connectivity index (χ1n) is 10.9. The van der Waals surface area contributed by atoms with E-state index in [1.54, 1.807) is 22.0 Å². The number of rotatable bonds is 7. The molecule has 0 aromatic carbocycles. The van der Waals surface area contributed by atoms with Crippen LogP contribution in [0, 0.1) is 0 Å². The van der Waals surface area contributed by atoms with E-state index in [1.807, 2.05) is 4.90 Å². The standard InChI is InChI=1S/C22H29N3O3S2/c1-2-11-25-21(28)18-15-8-4-5-9-16(15)29-19(18)23-22(25)30-17(10-14-26)20(27)24-12-6-3-7-13-24/h2,17,26H,1,3-14H2/t17-/m0/s1. The lowest BCUT2D eigenvalue weighted by Crippen LogP contribution is -2.41. The van der Waals surface area contributed by atoms with Gasteiger partial charge in [-0.1, -0.05) is 17.8 Å². The van der Waals surface area contributed by atoms with Gasteiger partial charge in [0.25, 0.3) is 5.56 Å². The summed E-state index contributed by atoms with van der Waals surface area (Å²) in [5.41, 5.74) is 1.14. The topological polar surface area (TPSA) is 75.4 Å². The molecule has 2 aromatic heterocycles. The van der Waals surface area contributed by atoms with E-state index in [0.29, 0.717) is 18.1 Å². The Hall–Kier alpha value is -1.64. The lowest BCUT2D eigenvalue weighted by Gasteiger charge is -2.30.